The number of nitrogens with zero attached hydrogens (tertiary/aromatic N) is 4. The Labute approximate surface area is 157 Å². The molecule has 0 unspecified atom stereocenters. The van der Waals surface area contributed by atoms with Gasteiger partial charge in [-0.2, -0.15) is 0 Å². The summed E-state index contributed by atoms with van der Waals surface area (Å²) in [6.07, 6.45) is 1.58. The first-order valence-electron chi connectivity index (χ1n) is 8.67. The molecule has 2 N–H and O–H groups in total. The molecule has 0 saturated carbocycles. The number of likely N-dealkylation sites (N-methyl/N-ethyl adjacent to an activating group) is 1. The minimum atomic E-state index is -0.604. The predicted molar refractivity (Wildman–Crippen MR) is 97.8 cm³/mol. The molecule has 1 saturated heterocycles. The maximum atomic E-state index is 12.4. The van der Waals surface area contributed by atoms with Gasteiger partial charge in [-0.15, -0.1) is 5.10 Å². The van der Waals surface area contributed by atoms with Crippen LogP contribution in [0.1, 0.15) is 28.2 Å². The minimum absolute atomic E-state index is 0.0275. The van der Waals surface area contributed by atoms with Crippen LogP contribution in [0.3, 0.4) is 0 Å². The number of hydrogen-bond donors (Lipinski definition) is 2. The van der Waals surface area contributed by atoms with Gasteiger partial charge in [-0.25, -0.2) is 0 Å². The summed E-state index contributed by atoms with van der Waals surface area (Å²) in [6, 6.07) is 0. The van der Waals surface area contributed by atoms with E-state index in [-0.39, 0.29) is 11.8 Å². The summed E-state index contributed by atoms with van der Waals surface area (Å²) < 4.78 is 3.80. The van der Waals surface area contributed by atoms with Crippen molar-refractivity contribution in [3.63, 3.8) is 0 Å². The van der Waals surface area contributed by atoms with Crippen molar-refractivity contribution in [2.24, 2.45) is 5.92 Å². The topological polar surface area (TPSA) is 108 Å². The summed E-state index contributed by atoms with van der Waals surface area (Å²) in [6.45, 7) is 4.61. The average molecular weight is 382 g/mol. The molecule has 0 spiro atoms. The molecular weight excluding hydrogens is 356 g/mol. The van der Waals surface area contributed by atoms with Crippen molar-refractivity contribution >= 4 is 29.3 Å². The summed E-state index contributed by atoms with van der Waals surface area (Å²) >= 11 is 1.12. The van der Waals surface area contributed by atoms with Gasteiger partial charge < -0.3 is 20.4 Å². The van der Waals surface area contributed by atoms with Gasteiger partial charge in [0.2, 0.25) is 0 Å². The molecule has 1 aliphatic heterocycles. The first kappa shape index (κ1) is 20.2. The summed E-state index contributed by atoms with van der Waals surface area (Å²) in [4.78, 5) is 40.2. The van der Waals surface area contributed by atoms with Crippen LogP contribution < -0.4 is 10.6 Å². The fourth-order valence-corrected chi connectivity index (χ4v) is 3.33. The van der Waals surface area contributed by atoms with E-state index >= 15 is 0 Å². The number of aryl methyl sites for hydroxylation is 1. The van der Waals surface area contributed by atoms with Gasteiger partial charge in [-0.3, -0.25) is 14.4 Å². The van der Waals surface area contributed by atoms with Gasteiger partial charge in [0.15, 0.2) is 0 Å². The lowest BCUT2D eigenvalue weighted by molar-refractivity contribution is -0.139. The second-order valence-corrected chi connectivity index (χ2v) is 7.45. The molecule has 2 rings (SSSR count). The van der Waals surface area contributed by atoms with E-state index < -0.39 is 11.8 Å². The zero-order chi connectivity index (χ0) is 19.1. The van der Waals surface area contributed by atoms with E-state index in [4.69, 9.17) is 0 Å². The monoisotopic (exact) mass is 382 g/mol. The molecule has 9 nitrogen and oxygen atoms in total. The van der Waals surface area contributed by atoms with Crippen molar-refractivity contribution in [3.8, 4) is 0 Å². The van der Waals surface area contributed by atoms with Crippen LogP contribution in [0.5, 0.6) is 0 Å². The van der Waals surface area contributed by atoms with Gasteiger partial charge in [0.05, 0.1) is 5.69 Å². The third kappa shape index (κ3) is 5.73. The number of amides is 3. The smallest absolute Gasteiger partial charge is 0.309 e. The van der Waals surface area contributed by atoms with Gasteiger partial charge in [0.1, 0.15) is 4.88 Å². The Kier molecular flexibility index (Phi) is 7.46. The zero-order valence-electron chi connectivity index (χ0n) is 15.4. The Morgan fingerprint density at radius 3 is 2.42 bits per heavy atom. The third-order valence-corrected chi connectivity index (χ3v) is 5.17. The van der Waals surface area contributed by atoms with E-state index in [9.17, 15) is 14.4 Å². The molecule has 0 radical (unpaired) electrons. The van der Waals surface area contributed by atoms with E-state index in [0.717, 1.165) is 24.4 Å². The number of aromatic nitrogens is 2. The summed E-state index contributed by atoms with van der Waals surface area (Å²) in [5, 5.41) is 9.15. The Morgan fingerprint density at radius 2 is 1.85 bits per heavy atom. The molecule has 1 aromatic heterocycles. The number of carbonyl (C=O) groups is 3. The Balaban J connectivity index is 1.68. The number of carbonyl (C=O) groups excluding carboxylic acids is 3. The molecule has 26 heavy (non-hydrogen) atoms. The van der Waals surface area contributed by atoms with Crippen LogP contribution in [-0.2, 0) is 9.59 Å². The third-order valence-electron chi connectivity index (χ3n) is 4.35. The Morgan fingerprint density at radius 1 is 1.19 bits per heavy atom. The number of hydrogen-bond acceptors (Lipinski definition) is 7. The molecule has 3 amide bonds. The largest absolute Gasteiger partial charge is 0.348 e. The molecule has 1 fully saturated rings. The van der Waals surface area contributed by atoms with Gasteiger partial charge in [-0.05, 0) is 51.3 Å². The molecule has 2 heterocycles. The van der Waals surface area contributed by atoms with E-state index in [1.807, 2.05) is 19.0 Å². The lowest BCUT2D eigenvalue weighted by atomic mass is 9.96. The maximum Gasteiger partial charge on any atom is 0.309 e. The highest BCUT2D eigenvalue weighted by molar-refractivity contribution is 7.07. The predicted octanol–water partition coefficient (Wildman–Crippen LogP) is -0.507. The molecule has 10 heteroatoms. The van der Waals surface area contributed by atoms with Crippen molar-refractivity contribution in [1.82, 2.24) is 30.0 Å². The Bertz CT molecular complexity index is 640. The van der Waals surface area contributed by atoms with Crippen LogP contribution in [-0.4, -0.2) is 83.9 Å². The summed E-state index contributed by atoms with van der Waals surface area (Å²) in [5.41, 5.74) is 0.662. The molecule has 144 valence electrons. The molecule has 0 aliphatic carbocycles. The average Bonchev–Trinajstić information content (AvgIpc) is 3.05. The lowest BCUT2D eigenvalue weighted by Crippen LogP contribution is -2.45. The van der Waals surface area contributed by atoms with E-state index in [0.29, 0.717) is 43.3 Å². The van der Waals surface area contributed by atoms with Crippen molar-refractivity contribution in [2.75, 3.05) is 46.8 Å². The highest BCUT2D eigenvalue weighted by Crippen LogP contribution is 2.20. The zero-order valence-corrected chi connectivity index (χ0v) is 16.3. The molecule has 0 bridgehead atoms. The highest BCUT2D eigenvalue weighted by Gasteiger charge is 2.26. The quantitative estimate of drug-likeness (QED) is 0.642. The van der Waals surface area contributed by atoms with E-state index in [2.05, 4.69) is 20.2 Å². The minimum Gasteiger partial charge on any atom is -0.348 e. The fraction of sp³-hybridized carbons (Fsp3) is 0.688. The van der Waals surface area contributed by atoms with Crippen LogP contribution >= 0.6 is 11.5 Å². The summed E-state index contributed by atoms with van der Waals surface area (Å²) in [5.74, 6) is -0.972. The SMILES string of the molecule is Cc1nnsc1C(=O)N1CCC(CNC(=O)C(=O)NCCN(C)C)CC1. The first-order valence-corrected chi connectivity index (χ1v) is 9.44. The van der Waals surface area contributed by atoms with Gasteiger partial charge >= 0.3 is 11.8 Å². The lowest BCUT2D eigenvalue weighted by Gasteiger charge is -2.31. The normalized spacial score (nSPS) is 15.2. The molecule has 1 aromatic rings. The van der Waals surface area contributed by atoms with Crippen LogP contribution in [0, 0.1) is 12.8 Å². The van der Waals surface area contributed by atoms with Gasteiger partial charge in [0.25, 0.3) is 5.91 Å². The standard InChI is InChI=1S/C16H26N6O3S/c1-11-13(26-20-19-11)16(25)22-7-4-12(5-8-22)10-18-15(24)14(23)17-6-9-21(2)3/h12H,4-10H2,1-3H3,(H,17,23)(H,18,24). The van der Waals surface area contributed by atoms with Crippen molar-refractivity contribution in [2.45, 2.75) is 19.8 Å². The van der Waals surface area contributed by atoms with E-state index in [1.165, 1.54) is 0 Å². The van der Waals surface area contributed by atoms with Crippen molar-refractivity contribution in [1.29, 1.82) is 0 Å². The second-order valence-electron chi connectivity index (χ2n) is 6.69. The second kappa shape index (κ2) is 9.58. The van der Waals surface area contributed by atoms with E-state index in [1.54, 1.807) is 11.8 Å². The van der Waals surface area contributed by atoms with Crippen LogP contribution in [0.15, 0.2) is 0 Å². The van der Waals surface area contributed by atoms with Gasteiger partial charge in [0, 0.05) is 32.7 Å². The summed E-state index contributed by atoms with van der Waals surface area (Å²) in [7, 11) is 3.80. The number of nitrogens with one attached hydrogen (secondary N) is 2. The van der Waals surface area contributed by atoms with Gasteiger partial charge in [-0.1, -0.05) is 4.49 Å². The van der Waals surface area contributed by atoms with Crippen LogP contribution in [0.2, 0.25) is 0 Å². The van der Waals surface area contributed by atoms with Crippen LogP contribution in [0.25, 0.3) is 0 Å². The Hall–Kier alpha value is -2.07. The molecule has 0 atom stereocenters. The van der Waals surface area contributed by atoms with Crippen LogP contribution in [0.4, 0.5) is 0 Å². The van der Waals surface area contributed by atoms with Crippen molar-refractivity contribution in [3.05, 3.63) is 10.6 Å². The fourth-order valence-electron chi connectivity index (χ4n) is 2.70. The van der Waals surface area contributed by atoms with Crippen molar-refractivity contribution < 1.29 is 14.4 Å². The first-order chi connectivity index (χ1) is 12.4. The molecule has 0 aromatic carbocycles. The number of rotatable bonds is 6. The highest BCUT2D eigenvalue weighted by atomic mass is 32.1. The molecular formula is C16H26N6O3S. The maximum absolute atomic E-state index is 12.4. The number of piperidine rings is 1. The number of likely N-dealkylation sites (tertiary alicyclic amines) is 1. The molecule has 1 aliphatic rings.